The van der Waals surface area contributed by atoms with Crippen molar-refractivity contribution in [3.8, 4) is 11.4 Å². The summed E-state index contributed by atoms with van der Waals surface area (Å²) in [6.45, 7) is 5.65. The van der Waals surface area contributed by atoms with Gasteiger partial charge in [0.25, 0.3) is 0 Å². The van der Waals surface area contributed by atoms with Crippen molar-refractivity contribution in [1.82, 2.24) is 19.7 Å². The number of nitrogens with one attached hydrogen (secondary N) is 2. The molecule has 6 heteroatoms. The van der Waals surface area contributed by atoms with Crippen molar-refractivity contribution < 1.29 is 4.79 Å². The molecule has 0 aliphatic heterocycles. The van der Waals surface area contributed by atoms with Gasteiger partial charge in [-0.05, 0) is 44.2 Å². The first-order valence-electron chi connectivity index (χ1n) is 7.94. The molecule has 2 aromatic heterocycles. The second-order valence-electron chi connectivity index (χ2n) is 6.01. The number of hydrogen-bond donors (Lipinski definition) is 2. The van der Waals surface area contributed by atoms with Crippen LogP contribution in [-0.2, 0) is 11.2 Å². The topological polar surface area (TPSA) is 75.6 Å². The van der Waals surface area contributed by atoms with E-state index < -0.39 is 0 Å². The average molecular weight is 323 g/mol. The zero-order valence-electron chi connectivity index (χ0n) is 14.1. The van der Waals surface area contributed by atoms with Crippen LogP contribution >= 0.6 is 0 Å². The first kappa shape index (κ1) is 16.0. The summed E-state index contributed by atoms with van der Waals surface area (Å²) in [5, 5.41) is 10.1. The van der Waals surface area contributed by atoms with E-state index in [0.717, 1.165) is 34.9 Å². The maximum atomic E-state index is 11.1. The predicted octanol–water partition coefficient (Wildman–Crippen LogP) is 3.34. The zero-order chi connectivity index (χ0) is 17.1. The molecule has 2 N–H and O–H groups in total. The molecule has 1 aromatic carbocycles. The third kappa shape index (κ3) is 3.53. The largest absolute Gasteiger partial charge is 0.328 e. The number of imidazole rings is 1. The average Bonchev–Trinajstić information content (AvgIpc) is 3.16. The highest BCUT2D eigenvalue weighted by atomic mass is 16.1. The lowest BCUT2D eigenvalue weighted by Crippen LogP contribution is -2.09. The van der Waals surface area contributed by atoms with Gasteiger partial charge in [0, 0.05) is 48.7 Å². The number of H-pyrrole nitrogens is 1. The molecule has 1 atom stereocenters. The van der Waals surface area contributed by atoms with E-state index >= 15 is 0 Å². The van der Waals surface area contributed by atoms with E-state index in [0.29, 0.717) is 0 Å². The number of rotatable bonds is 5. The summed E-state index contributed by atoms with van der Waals surface area (Å²) in [7, 11) is 0. The van der Waals surface area contributed by atoms with Crippen LogP contribution in [0.2, 0.25) is 0 Å². The highest BCUT2D eigenvalue weighted by Gasteiger charge is 2.13. The Morgan fingerprint density at radius 1 is 1.33 bits per heavy atom. The minimum absolute atomic E-state index is 0.0767. The highest BCUT2D eigenvalue weighted by Crippen LogP contribution is 2.24. The van der Waals surface area contributed by atoms with Crippen molar-refractivity contribution in [3.05, 3.63) is 54.1 Å². The fraction of sp³-hybridized carbons (Fsp3) is 0.278. The van der Waals surface area contributed by atoms with Crippen LogP contribution in [0.25, 0.3) is 11.4 Å². The lowest BCUT2D eigenvalue weighted by atomic mass is 10.1. The van der Waals surface area contributed by atoms with Gasteiger partial charge in [-0.25, -0.2) is 4.98 Å². The van der Waals surface area contributed by atoms with Crippen molar-refractivity contribution in [2.75, 3.05) is 5.32 Å². The maximum absolute atomic E-state index is 11.1. The van der Waals surface area contributed by atoms with E-state index in [1.807, 2.05) is 43.6 Å². The molecule has 0 aliphatic carbocycles. The Morgan fingerprint density at radius 3 is 2.71 bits per heavy atom. The molecule has 0 fully saturated rings. The van der Waals surface area contributed by atoms with E-state index in [9.17, 15) is 4.79 Å². The van der Waals surface area contributed by atoms with Gasteiger partial charge in [-0.15, -0.1) is 0 Å². The minimum atomic E-state index is -0.0767. The Hall–Kier alpha value is -2.89. The summed E-state index contributed by atoms with van der Waals surface area (Å²) in [5.74, 6) is 0.830. The smallest absolute Gasteiger partial charge is 0.221 e. The van der Waals surface area contributed by atoms with Gasteiger partial charge in [-0.3, -0.25) is 9.89 Å². The Balaban J connectivity index is 1.80. The Bertz CT molecular complexity index is 831. The predicted molar refractivity (Wildman–Crippen MR) is 93.7 cm³/mol. The van der Waals surface area contributed by atoms with Gasteiger partial charge in [0.15, 0.2) is 0 Å². The Morgan fingerprint density at radius 2 is 2.08 bits per heavy atom. The molecule has 124 valence electrons. The van der Waals surface area contributed by atoms with E-state index in [-0.39, 0.29) is 11.9 Å². The molecule has 3 aromatic rings. The van der Waals surface area contributed by atoms with Crippen LogP contribution in [-0.4, -0.2) is 25.7 Å². The monoisotopic (exact) mass is 323 g/mol. The van der Waals surface area contributed by atoms with Gasteiger partial charge < -0.3 is 9.88 Å². The normalized spacial score (nSPS) is 12.1. The Kier molecular flexibility index (Phi) is 4.46. The first-order valence-corrected chi connectivity index (χ1v) is 7.94. The third-order valence-corrected chi connectivity index (χ3v) is 3.87. The zero-order valence-corrected chi connectivity index (χ0v) is 14.1. The molecule has 1 amide bonds. The fourth-order valence-electron chi connectivity index (χ4n) is 2.78. The second kappa shape index (κ2) is 6.70. The van der Waals surface area contributed by atoms with Crippen LogP contribution in [0.3, 0.4) is 0 Å². The van der Waals surface area contributed by atoms with Crippen molar-refractivity contribution in [2.45, 2.75) is 33.2 Å². The molecule has 0 unspecified atom stereocenters. The molecule has 0 saturated carbocycles. The number of carbonyl (C=O) groups excluding carboxylic acids is 1. The molecule has 0 bridgehead atoms. The maximum Gasteiger partial charge on any atom is 0.221 e. The summed E-state index contributed by atoms with van der Waals surface area (Å²) >= 11 is 0. The quantitative estimate of drug-likeness (QED) is 0.756. The summed E-state index contributed by atoms with van der Waals surface area (Å²) in [4.78, 5) is 15.6. The van der Waals surface area contributed by atoms with Crippen LogP contribution in [0.1, 0.15) is 31.3 Å². The minimum Gasteiger partial charge on any atom is -0.328 e. The van der Waals surface area contributed by atoms with E-state index in [1.54, 1.807) is 0 Å². The van der Waals surface area contributed by atoms with Crippen molar-refractivity contribution in [2.24, 2.45) is 0 Å². The van der Waals surface area contributed by atoms with Crippen molar-refractivity contribution in [3.63, 3.8) is 0 Å². The van der Waals surface area contributed by atoms with Gasteiger partial charge in [-0.2, -0.15) is 5.10 Å². The molecule has 0 saturated heterocycles. The number of anilines is 1. The summed E-state index contributed by atoms with van der Waals surface area (Å²) in [5.41, 5.74) is 3.90. The number of benzene rings is 1. The van der Waals surface area contributed by atoms with Gasteiger partial charge in [0.2, 0.25) is 5.91 Å². The standard InChI is InChI=1S/C18H21N5O/c1-12-10-17(22-21-12)11-13(2)23-9-8-19-18(23)15-4-6-16(7-5-15)20-14(3)24/h4-10,13H,11H2,1-3H3,(H,20,24)(H,21,22)/t13-/m1/s1. The van der Waals surface area contributed by atoms with Crippen LogP contribution < -0.4 is 5.32 Å². The SMILES string of the molecule is CC(=O)Nc1ccc(-c2nccn2[C@H](C)Cc2cc(C)[nH]n2)cc1. The first-order chi connectivity index (χ1) is 11.5. The summed E-state index contributed by atoms with van der Waals surface area (Å²) in [6, 6.07) is 10.0. The fourth-order valence-corrected chi connectivity index (χ4v) is 2.78. The second-order valence-corrected chi connectivity index (χ2v) is 6.01. The van der Waals surface area contributed by atoms with Gasteiger partial charge >= 0.3 is 0 Å². The van der Waals surface area contributed by atoms with Crippen molar-refractivity contribution >= 4 is 11.6 Å². The molecular formula is C18H21N5O. The third-order valence-electron chi connectivity index (χ3n) is 3.87. The molecule has 0 aliphatic rings. The van der Waals surface area contributed by atoms with E-state index in [1.165, 1.54) is 6.92 Å². The number of carbonyl (C=O) groups is 1. The summed E-state index contributed by atoms with van der Waals surface area (Å²) < 4.78 is 2.15. The number of hydrogen-bond acceptors (Lipinski definition) is 3. The lowest BCUT2D eigenvalue weighted by molar-refractivity contribution is -0.114. The number of aryl methyl sites for hydroxylation is 1. The van der Waals surface area contributed by atoms with E-state index in [4.69, 9.17) is 0 Å². The van der Waals surface area contributed by atoms with Crippen LogP contribution in [0, 0.1) is 6.92 Å². The number of nitrogens with zero attached hydrogens (tertiary/aromatic N) is 3. The Labute approximate surface area is 140 Å². The molecule has 24 heavy (non-hydrogen) atoms. The van der Waals surface area contributed by atoms with Gasteiger partial charge in [-0.1, -0.05) is 0 Å². The molecule has 3 rings (SSSR count). The molecule has 0 radical (unpaired) electrons. The van der Waals surface area contributed by atoms with Gasteiger partial charge in [0.05, 0.1) is 5.69 Å². The molecule has 6 nitrogen and oxygen atoms in total. The lowest BCUT2D eigenvalue weighted by Gasteiger charge is -2.15. The van der Waals surface area contributed by atoms with Crippen LogP contribution in [0.5, 0.6) is 0 Å². The summed E-state index contributed by atoms with van der Waals surface area (Å²) in [6.07, 6.45) is 4.63. The molecular weight excluding hydrogens is 302 g/mol. The van der Waals surface area contributed by atoms with Crippen LogP contribution in [0.4, 0.5) is 5.69 Å². The molecule has 0 spiro atoms. The van der Waals surface area contributed by atoms with Gasteiger partial charge in [0.1, 0.15) is 5.82 Å². The van der Waals surface area contributed by atoms with Crippen LogP contribution in [0.15, 0.2) is 42.7 Å². The number of aromatic amines is 1. The number of aromatic nitrogens is 4. The molecule has 2 heterocycles. The van der Waals surface area contributed by atoms with E-state index in [2.05, 4.69) is 38.1 Å². The number of amides is 1. The van der Waals surface area contributed by atoms with Crippen molar-refractivity contribution in [1.29, 1.82) is 0 Å². The highest BCUT2D eigenvalue weighted by molar-refractivity contribution is 5.88.